The Bertz CT molecular complexity index is 497. The fraction of sp³-hybridized carbons (Fsp3) is 0.562. The average molecular weight is 308 g/mol. The van der Waals surface area contributed by atoms with Gasteiger partial charge in [0.1, 0.15) is 0 Å². The summed E-state index contributed by atoms with van der Waals surface area (Å²) >= 11 is 5.88. The minimum Gasteiger partial charge on any atom is -0.337 e. The molecule has 0 N–H and O–H groups in total. The molecule has 5 heteroatoms. The van der Waals surface area contributed by atoms with Gasteiger partial charge in [-0.15, -0.1) is 0 Å². The second-order valence-electron chi connectivity index (χ2n) is 6.04. The quantitative estimate of drug-likeness (QED) is 0.833. The highest BCUT2D eigenvalue weighted by molar-refractivity contribution is 6.30. The molecule has 1 atom stereocenters. The molecule has 0 unspecified atom stereocenters. The van der Waals surface area contributed by atoms with Gasteiger partial charge in [-0.1, -0.05) is 11.6 Å². The predicted molar refractivity (Wildman–Crippen MR) is 84.8 cm³/mol. The van der Waals surface area contributed by atoms with Crippen molar-refractivity contribution in [3.8, 4) is 0 Å². The second kappa shape index (κ2) is 6.34. The van der Waals surface area contributed by atoms with Gasteiger partial charge in [0, 0.05) is 55.9 Å². The first-order valence-electron chi connectivity index (χ1n) is 7.61. The molecule has 0 bridgehead atoms. The van der Waals surface area contributed by atoms with Crippen molar-refractivity contribution < 1.29 is 4.79 Å². The van der Waals surface area contributed by atoms with Crippen LogP contribution >= 0.6 is 11.6 Å². The second-order valence-corrected chi connectivity index (χ2v) is 6.48. The normalized spacial score (nSPS) is 24.5. The molecule has 0 aliphatic carbocycles. The van der Waals surface area contributed by atoms with Crippen molar-refractivity contribution in [3.05, 3.63) is 34.9 Å². The highest BCUT2D eigenvalue weighted by Crippen LogP contribution is 2.20. The first kappa shape index (κ1) is 14.8. The lowest BCUT2D eigenvalue weighted by molar-refractivity contribution is 0.0755. The highest BCUT2D eigenvalue weighted by Gasteiger charge is 2.31. The van der Waals surface area contributed by atoms with Crippen LogP contribution in [0, 0.1) is 0 Å². The van der Waals surface area contributed by atoms with Crippen LogP contribution in [0.15, 0.2) is 24.3 Å². The largest absolute Gasteiger partial charge is 0.337 e. The fourth-order valence-electron chi connectivity index (χ4n) is 3.19. The van der Waals surface area contributed by atoms with Gasteiger partial charge in [0.2, 0.25) is 0 Å². The average Bonchev–Trinajstić information content (AvgIpc) is 2.98. The number of rotatable bonds is 2. The predicted octanol–water partition coefficient (Wildman–Crippen LogP) is 1.80. The van der Waals surface area contributed by atoms with Crippen molar-refractivity contribution in [2.24, 2.45) is 0 Å². The van der Waals surface area contributed by atoms with Crippen LogP contribution in [-0.4, -0.2) is 73.0 Å². The van der Waals surface area contributed by atoms with E-state index in [1.165, 1.54) is 0 Å². The third-order valence-electron chi connectivity index (χ3n) is 4.60. The lowest BCUT2D eigenvalue weighted by Gasteiger charge is -2.36. The summed E-state index contributed by atoms with van der Waals surface area (Å²) in [6.45, 7) is 6.20. The maximum atomic E-state index is 12.5. The van der Waals surface area contributed by atoms with E-state index in [-0.39, 0.29) is 5.91 Å². The molecule has 4 nitrogen and oxygen atoms in total. The summed E-state index contributed by atoms with van der Waals surface area (Å²) in [4.78, 5) is 19.4. The van der Waals surface area contributed by atoms with Crippen molar-refractivity contribution in [3.63, 3.8) is 0 Å². The molecule has 3 rings (SSSR count). The Morgan fingerprint density at radius 3 is 2.43 bits per heavy atom. The minimum absolute atomic E-state index is 0.128. The molecule has 21 heavy (non-hydrogen) atoms. The standard InChI is InChI=1S/C16H22ClN3O/c1-18-8-10-19(11-9-18)15-6-7-20(12-15)16(21)13-2-4-14(17)5-3-13/h2-5,15H,6-12H2,1H3/t15-/m1/s1. The number of hydrogen-bond acceptors (Lipinski definition) is 3. The van der Waals surface area contributed by atoms with Gasteiger partial charge in [-0.05, 0) is 37.7 Å². The Morgan fingerprint density at radius 2 is 1.76 bits per heavy atom. The lowest BCUT2D eigenvalue weighted by atomic mass is 10.2. The van der Waals surface area contributed by atoms with E-state index in [0.29, 0.717) is 11.1 Å². The lowest BCUT2D eigenvalue weighted by Crippen LogP contribution is -2.50. The van der Waals surface area contributed by atoms with Gasteiger partial charge in [-0.25, -0.2) is 0 Å². The summed E-state index contributed by atoms with van der Waals surface area (Å²) in [5.74, 6) is 0.128. The minimum atomic E-state index is 0.128. The molecule has 114 valence electrons. The number of hydrogen-bond donors (Lipinski definition) is 0. The van der Waals surface area contributed by atoms with E-state index >= 15 is 0 Å². The van der Waals surface area contributed by atoms with Crippen LogP contribution in [0.4, 0.5) is 0 Å². The van der Waals surface area contributed by atoms with E-state index in [0.717, 1.165) is 51.3 Å². The third kappa shape index (κ3) is 3.39. The summed E-state index contributed by atoms with van der Waals surface area (Å²) < 4.78 is 0. The van der Waals surface area contributed by atoms with Crippen LogP contribution in [0.5, 0.6) is 0 Å². The van der Waals surface area contributed by atoms with Crippen LogP contribution in [-0.2, 0) is 0 Å². The monoisotopic (exact) mass is 307 g/mol. The molecule has 1 aromatic carbocycles. The number of likely N-dealkylation sites (N-methyl/N-ethyl adjacent to an activating group) is 1. The number of piperazine rings is 1. The molecule has 2 saturated heterocycles. The molecule has 2 aliphatic heterocycles. The number of halogens is 1. The van der Waals surface area contributed by atoms with Crippen LogP contribution in [0.25, 0.3) is 0 Å². The summed E-state index contributed by atoms with van der Waals surface area (Å²) in [5, 5.41) is 0.670. The zero-order valence-corrected chi connectivity index (χ0v) is 13.2. The molecule has 2 aliphatic rings. The highest BCUT2D eigenvalue weighted by atomic mass is 35.5. The Kier molecular flexibility index (Phi) is 4.48. The summed E-state index contributed by atoms with van der Waals surface area (Å²) in [5.41, 5.74) is 0.735. The summed E-state index contributed by atoms with van der Waals surface area (Å²) in [6.07, 6.45) is 1.09. The van der Waals surface area contributed by atoms with Gasteiger partial charge >= 0.3 is 0 Å². The van der Waals surface area contributed by atoms with Crippen molar-refractivity contribution >= 4 is 17.5 Å². The number of amides is 1. The van der Waals surface area contributed by atoms with E-state index in [2.05, 4.69) is 16.8 Å². The maximum Gasteiger partial charge on any atom is 0.253 e. The van der Waals surface area contributed by atoms with Crippen LogP contribution < -0.4 is 0 Å². The molecule has 1 aromatic rings. The molecule has 0 saturated carbocycles. The molecule has 2 heterocycles. The van der Waals surface area contributed by atoms with E-state index in [4.69, 9.17) is 11.6 Å². The van der Waals surface area contributed by atoms with E-state index in [1.54, 1.807) is 12.1 Å². The fourth-order valence-corrected chi connectivity index (χ4v) is 3.31. The van der Waals surface area contributed by atoms with E-state index in [9.17, 15) is 4.79 Å². The number of benzene rings is 1. The molecule has 0 radical (unpaired) electrons. The SMILES string of the molecule is CN1CCN([C@@H]2CCN(C(=O)c3ccc(Cl)cc3)C2)CC1. The van der Waals surface area contributed by atoms with E-state index < -0.39 is 0 Å². The third-order valence-corrected chi connectivity index (χ3v) is 4.85. The molecule has 2 fully saturated rings. The molecule has 0 spiro atoms. The molecular weight excluding hydrogens is 286 g/mol. The van der Waals surface area contributed by atoms with Crippen molar-refractivity contribution in [1.82, 2.24) is 14.7 Å². The molecule has 1 amide bonds. The number of carbonyl (C=O) groups excluding carboxylic acids is 1. The van der Waals surface area contributed by atoms with Gasteiger partial charge in [0.15, 0.2) is 0 Å². The van der Waals surface area contributed by atoms with Gasteiger partial charge in [0.25, 0.3) is 5.91 Å². The zero-order chi connectivity index (χ0) is 14.8. The van der Waals surface area contributed by atoms with Crippen LogP contribution in [0.2, 0.25) is 5.02 Å². The Labute approximate surface area is 131 Å². The van der Waals surface area contributed by atoms with Gasteiger partial charge in [0.05, 0.1) is 0 Å². The van der Waals surface area contributed by atoms with Crippen LogP contribution in [0.3, 0.4) is 0 Å². The van der Waals surface area contributed by atoms with Crippen molar-refractivity contribution in [2.45, 2.75) is 12.5 Å². The van der Waals surface area contributed by atoms with Gasteiger partial charge in [-0.3, -0.25) is 9.69 Å². The maximum absolute atomic E-state index is 12.5. The van der Waals surface area contributed by atoms with Crippen molar-refractivity contribution in [2.75, 3.05) is 46.3 Å². The summed E-state index contributed by atoms with van der Waals surface area (Å²) in [7, 11) is 2.17. The van der Waals surface area contributed by atoms with Crippen molar-refractivity contribution in [1.29, 1.82) is 0 Å². The number of nitrogens with zero attached hydrogens (tertiary/aromatic N) is 3. The first-order valence-corrected chi connectivity index (χ1v) is 7.99. The van der Waals surface area contributed by atoms with E-state index in [1.807, 2.05) is 17.0 Å². The van der Waals surface area contributed by atoms with Gasteiger partial charge in [-0.2, -0.15) is 0 Å². The van der Waals surface area contributed by atoms with Crippen LogP contribution in [0.1, 0.15) is 16.8 Å². The number of likely N-dealkylation sites (tertiary alicyclic amines) is 1. The topological polar surface area (TPSA) is 26.8 Å². The Balaban J connectivity index is 1.59. The Hall–Kier alpha value is -1.10. The molecule has 0 aromatic heterocycles. The van der Waals surface area contributed by atoms with Gasteiger partial charge < -0.3 is 9.80 Å². The zero-order valence-electron chi connectivity index (χ0n) is 12.5. The number of carbonyl (C=O) groups is 1. The Morgan fingerprint density at radius 1 is 1.10 bits per heavy atom. The molecular formula is C16H22ClN3O. The first-order chi connectivity index (χ1) is 10.1. The summed E-state index contributed by atoms with van der Waals surface area (Å²) in [6, 6.07) is 7.71. The smallest absolute Gasteiger partial charge is 0.253 e.